The van der Waals surface area contributed by atoms with Gasteiger partial charge in [0, 0.05) is 30.1 Å². The number of methoxy groups -OCH3 is 1. The maximum Gasteiger partial charge on any atom is 0.196 e. The van der Waals surface area contributed by atoms with E-state index in [0.29, 0.717) is 5.16 Å². The van der Waals surface area contributed by atoms with Crippen molar-refractivity contribution >= 4 is 17.5 Å². The average molecular weight is 427 g/mol. The first-order chi connectivity index (χ1) is 14.6. The molecule has 0 unspecified atom stereocenters. The van der Waals surface area contributed by atoms with Gasteiger partial charge in [0.15, 0.2) is 10.9 Å². The van der Waals surface area contributed by atoms with Gasteiger partial charge in [-0.05, 0) is 44.9 Å². The summed E-state index contributed by atoms with van der Waals surface area (Å²) in [5.74, 6) is 1.10. The van der Waals surface area contributed by atoms with Gasteiger partial charge >= 0.3 is 0 Å². The highest BCUT2D eigenvalue weighted by Crippen LogP contribution is 2.28. The van der Waals surface area contributed by atoms with Crippen molar-refractivity contribution in [2.45, 2.75) is 44.5 Å². The minimum atomic E-state index is 0.0845. The molecule has 1 atom stereocenters. The van der Waals surface area contributed by atoms with Crippen LogP contribution in [0.4, 0.5) is 0 Å². The number of hydrogen-bond acceptors (Lipinski definition) is 6. The summed E-state index contributed by atoms with van der Waals surface area (Å²) in [5.41, 5.74) is 3.70. The van der Waals surface area contributed by atoms with Gasteiger partial charge in [-0.2, -0.15) is 0 Å². The zero-order valence-electron chi connectivity index (χ0n) is 17.5. The number of thioether (sulfide) groups is 1. The highest BCUT2D eigenvalue weighted by atomic mass is 32.2. The monoisotopic (exact) mass is 426 g/mol. The number of aryl methyl sites for hydroxylation is 1. The van der Waals surface area contributed by atoms with Crippen molar-refractivity contribution in [3.05, 3.63) is 53.6 Å². The Morgan fingerprint density at radius 3 is 2.93 bits per heavy atom. The molecule has 3 heterocycles. The number of carbonyl (C=O) groups is 1. The summed E-state index contributed by atoms with van der Waals surface area (Å²) in [6.07, 6.45) is 4.07. The van der Waals surface area contributed by atoms with Crippen LogP contribution in [-0.4, -0.2) is 50.7 Å². The number of ether oxygens (including phenoxy) is 2. The lowest BCUT2D eigenvalue weighted by atomic mass is 10.2. The lowest BCUT2D eigenvalue weighted by Gasteiger charge is -2.14. The summed E-state index contributed by atoms with van der Waals surface area (Å²) in [7, 11) is 1.63. The number of carbonyl (C=O) groups excluding carboxylic acids is 1. The minimum absolute atomic E-state index is 0.0845. The number of ketones is 1. The maximum absolute atomic E-state index is 13.0. The molecule has 2 aromatic heterocycles. The zero-order chi connectivity index (χ0) is 21.1. The van der Waals surface area contributed by atoms with E-state index < -0.39 is 0 Å². The number of benzene rings is 1. The topological polar surface area (TPSA) is 71.2 Å². The fraction of sp³-hybridized carbons (Fsp3) is 0.409. The molecule has 0 bridgehead atoms. The first kappa shape index (κ1) is 20.7. The third kappa shape index (κ3) is 4.15. The van der Waals surface area contributed by atoms with Gasteiger partial charge in [0.05, 0.1) is 24.7 Å². The van der Waals surface area contributed by atoms with E-state index in [-0.39, 0.29) is 17.6 Å². The Balaban J connectivity index is 1.48. The Hall–Kier alpha value is -2.58. The van der Waals surface area contributed by atoms with E-state index in [0.717, 1.165) is 54.4 Å². The van der Waals surface area contributed by atoms with Gasteiger partial charge < -0.3 is 14.0 Å². The second-order valence-electron chi connectivity index (χ2n) is 7.40. The zero-order valence-corrected chi connectivity index (χ0v) is 18.3. The van der Waals surface area contributed by atoms with E-state index in [1.54, 1.807) is 13.4 Å². The van der Waals surface area contributed by atoms with Crippen LogP contribution in [0.2, 0.25) is 0 Å². The van der Waals surface area contributed by atoms with E-state index in [4.69, 9.17) is 9.47 Å². The summed E-state index contributed by atoms with van der Waals surface area (Å²) in [6, 6.07) is 9.65. The standard InChI is InChI=1S/C22H26N4O3S/c1-15-11-18(16(2)25(15)12-17-7-6-10-29-17)20(27)13-30-22-24-23-14-26(22)19-8-4-5-9-21(19)28-3/h4-5,8-9,11,14,17H,6-7,10,12-13H2,1-3H3/t17-/m0/s1. The van der Waals surface area contributed by atoms with Crippen molar-refractivity contribution in [2.24, 2.45) is 0 Å². The van der Waals surface area contributed by atoms with Crippen molar-refractivity contribution in [1.82, 2.24) is 19.3 Å². The summed E-state index contributed by atoms with van der Waals surface area (Å²) >= 11 is 1.38. The van der Waals surface area contributed by atoms with Crippen LogP contribution in [0.3, 0.4) is 0 Å². The molecule has 0 amide bonds. The number of Topliss-reactive ketones (excluding diaryl/α,β-unsaturated/α-hetero) is 1. The molecule has 0 radical (unpaired) electrons. The fourth-order valence-electron chi connectivity index (χ4n) is 3.88. The molecule has 1 fully saturated rings. The minimum Gasteiger partial charge on any atom is -0.495 e. The smallest absolute Gasteiger partial charge is 0.196 e. The molecule has 1 aliphatic heterocycles. The SMILES string of the molecule is COc1ccccc1-n1cnnc1SCC(=O)c1cc(C)n(C[C@@H]2CCCO2)c1C. The summed E-state index contributed by atoms with van der Waals surface area (Å²) in [4.78, 5) is 13.0. The van der Waals surface area contributed by atoms with Crippen molar-refractivity contribution in [3.63, 3.8) is 0 Å². The molecule has 3 aromatic rings. The normalized spacial score (nSPS) is 16.2. The second kappa shape index (κ2) is 9.06. The van der Waals surface area contributed by atoms with Crippen molar-refractivity contribution < 1.29 is 14.3 Å². The largest absolute Gasteiger partial charge is 0.495 e. The molecule has 30 heavy (non-hydrogen) atoms. The van der Waals surface area contributed by atoms with Crippen LogP contribution in [0.15, 0.2) is 41.8 Å². The van der Waals surface area contributed by atoms with Gasteiger partial charge in [-0.3, -0.25) is 9.36 Å². The highest BCUT2D eigenvalue weighted by Gasteiger charge is 2.22. The number of rotatable bonds is 8. The fourth-order valence-corrected chi connectivity index (χ4v) is 4.69. The van der Waals surface area contributed by atoms with Gasteiger partial charge in [-0.25, -0.2) is 0 Å². The quantitative estimate of drug-likeness (QED) is 0.403. The summed E-state index contributed by atoms with van der Waals surface area (Å²) in [5, 5.41) is 8.87. The van der Waals surface area contributed by atoms with Crippen LogP contribution in [0.1, 0.15) is 34.6 Å². The molecule has 158 valence electrons. The van der Waals surface area contributed by atoms with Crippen LogP contribution < -0.4 is 4.74 Å². The number of para-hydroxylation sites is 2. The summed E-state index contributed by atoms with van der Waals surface area (Å²) in [6.45, 7) is 5.70. The first-order valence-electron chi connectivity index (χ1n) is 10.1. The molecule has 1 saturated heterocycles. The van der Waals surface area contributed by atoms with Crippen LogP contribution >= 0.6 is 11.8 Å². The molecular formula is C22H26N4O3S. The Bertz CT molecular complexity index is 1040. The Morgan fingerprint density at radius 2 is 2.17 bits per heavy atom. The van der Waals surface area contributed by atoms with Crippen LogP contribution in [-0.2, 0) is 11.3 Å². The number of aromatic nitrogens is 4. The Labute approximate surface area is 180 Å². The van der Waals surface area contributed by atoms with E-state index in [2.05, 4.69) is 14.8 Å². The van der Waals surface area contributed by atoms with Gasteiger partial charge in [-0.1, -0.05) is 23.9 Å². The highest BCUT2D eigenvalue weighted by molar-refractivity contribution is 7.99. The molecular weight excluding hydrogens is 400 g/mol. The number of hydrogen-bond donors (Lipinski definition) is 0. The van der Waals surface area contributed by atoms with Gasteiger partial charge in [0.25, 0.3) is 0 Å². The van der Waals surface area contributed by atoms with E-state index in [1.807, 2.05) is 48.7 Å². The third-order valence-electron chi connectivity index (χ3n) is 5.48. The molecule has 8 heteroatoms. The molecule has 0 saturated carbocycles. The molecule has 0 N–H and O–H groups in total. The first-order valence-corrected chi connectivity index (χ1v) is 11.0. The van der Waals surface area contributed by atoms with E-state index in [1.165, 1.54) is 11.8 Å². The lowest BCUT2D eigenvalue weighted by Crippen LogP contribution is -2.17. The predicted molar refractivity (Wildman–Crippen MR) is 116 cm³/mol. The van der Waals surface area contributed by atoms with Crippen LogP contribution in [0, 0.1) is 13.8 Å². The number of nitrogens with zero attached hydrogens (tertiary/aromatic N) is 4. The van der Waals surface area contributed by atoms with Gasteiger partial charge in [0.2, 0.25) is 0 Å². The van der Waals surface area contributed by atoms with Crippen LogP contribution in [0.5, 0.6) is 5.75 Å². The molecule has 7 nitrogen and oxygen atoms in total. The van der Waals surface area contributed by atoms with Crippen molar-refractivity contribution in [1.29, 1.82) is 0 Å². The third-order valence-corrected chi connectivity index (χ3v) is 6.42. The van der Waals surface area contributed by atoms with Crippen molar-refractivity contribution in [2.75, 3.05) is 19.5 Å². The van der Waals surface area contributed by atoms with Gasteiger partial charge in [0.1, 0.15) is 12.1 Å². The van der Waals surface area contributed by atoms with E-state index >= 15 is 0 Å². The molecule has 0 aliphatic carbocycles. The van der Waals surface area contributed by atoms with Crippen molar-refractivity contribution in [3.8, 4) is 11.4 Å². The Morgan fingerprint density at radius 1 is 1.33 bits per heavy atom. The molecule has 4 rings (SSSR count). The molecule has 1 aromatic carbocycles. The average Bonchev–Trinajstić information content (AvgIpc) is 3.50. The molecule has 0 spiro atoms. The maximum atomic E-state index is 13.0. The Kier molecular flexibility index (Phi) is 6.24. The van der Waals surface area contributed by atoms with Crippen LogP contribution in [0.25, 0.3) is 5.69 Å². The van der Waals surface area contributed by atoms with Gasteiger partial charge in [-0.15, -0.1) is 10.2 Å². The second-order valence-corrected chi connectivity index (χ2v) is 8.34. The molecule has 1 aliphatic rings. The predicted octanol–water partition coefficient (Wildman–Crippen LogP) is 3.85. The van der Waals surface area contributed by atoms with E-state index in [9.17, 15) is 4.79 Å². The lowest BCUT2D eigenvalue weighted by molar-refractivity contribution is 0.0957. The summed E-state index contributed by atoms with van der Waals surface area (Å²) < 4.78 is 15.3.